The molecule has 1 aliphatic carbocycles. The van der Waals surface area contributed by atoms with Gasteiger partial charge in [-0.05, 0) is 50.7 Å². The second kappa shape index (κ2) is 7.30. The van der Waals surface area contributed by atoms with Crippen molar-refractivity contribution in [1.29, 1.82) is 0 Å². The zero-order valence-corrected chi connectivity index (χ0v) is 13.8. The monoisotopic (exact) mass is 318 g/mol. The second-order valence-corrected chi connectivity index (χ2v) is 6.86. The zero-order chi connectivity index (χ0) is 16.2. The van der Waals surface area contributed by atoms with Gasteiger partial charge in [0.2, 0.25) is 0 Å². The molecule has 2 heterocycles. The third kappa shape index (κ3) is 4.02. The Morgan fingerprint density at radius 2 is 1.91 bits per heavy atom. The number of amides is 1. The highest BCUT2D eigenvalue weighted by atomic mass is 16.5. The number of hydrogen-bond acceptors (Lipinski definition) is 3. The van der Waals surface area contributed by atoms with Crippen LogP contribution in [0.25, 0.3) is 0 Å². The molecule has 1 aromatic rings. The SMILES string of the molecule is Cc1ccc(C(=O)N2CCC(COC3CCCC3)CC2)c(=O)[nH]1. The van der Waals surface area contributed by atoms with E-state index in [-0.39, 0.29) is 17.0 Å². The van der Waals surface area contributed by atoms with Gasteiger partial charge in [0.15, 0.2) is 0 Å². The molecule has 5 nitrogen and oxygen atoms in total. The van der Waals surface area contributed by atoms with Crippen molar-refractivity contribution in [1.82, 2.24) is 9.88 Å². The summed E-state index contributed by atoms with van der Waals surface area (Å²) < 4.78 is 6.00. The van der Waals surface area contributed by atoms with E-state index in [1.54, 1.807) is 17.0 Å². The van der Waals surface area contributed by atoms with E-state index in [1.165, 1.54) is 25.7 Å². The largest absolute Gasteiger partial charge is 0.378 e. The minimum atomic E-state index is -0.290. The van der Waals surface area contributed by atoms with Gasteiger partial charge in [-0.2, -0.15) is 0 Å². The van der Waals surface area contributed by atoms with Crippen molar-refractivity contribution in [3.63, 3.8) is 0 Å². The number of aromatic nitrogens is 1. The van der Waals surface area contributed by atoms with Crippen LogP contribution < -0.4 is 5.56 Å². The topological polar surface area (TPSA) is 62.4 Å². The second-order valence-electron chi connectivity index (χ2n) is 6.86. The molecular formula is C18H26N2O3. The number of carbonyl (C=O) groups is 1. The van der Waals surface area contributed by atoms with Crippen LogP contribution in [0.2, 0.25) is 0 Å². The molecule has 1 N–H and O–H groups in total. The first-order chi connectivity index (χ1) is 11.1. The number of piperidine rings is 1. The number of hydrogen-bond donors (Lipinski definition) is 1. The number of carbonyl (C=O) groups excluding carboxylic acids is 1. The molecule has 0 radical (unpaired) electrons. The molecule has 0 atom stereocenters. The molecule has 0 aromatic carbocycles. The fourth-order valence-electron chi connectivity index (χ4n) is 3.54. The van der Waals surface area contributed by atoms with E-state index < -0.39 is 0 Å². The molecule has 0 bridgehead atoms. The highest BCUT2D eigenvalue weighted by Gasteiger charge is 2.26. The number of nitrogens with zero attached hydrogens (tertiary/aromatic N) is 1. The zero-order valence-electron chi connectivity index (χ0n) is 13.8. The Morgan fingerprint density at radius 3 is 2.57 bits per heavy atom. The van der Waals surface area contributed by atoms with E-state index in [9.17, 15) is 9.59 Å². The van der Waals surface area contributed by atoms with Crippen molar-refractivity contribution < 1.29 is 9.53 Å². The van der Waals surface area contributed by atoms with Gasteiger partial charge in [-0.3, -0.25) is 9.59 Å². The van der Waals surface area contributed by atoms with Crippen LogP contribution in [0.4, 0.5) is 0 Å². The van der Waals surface area contributed by atoms with Gasteiger partial charge in [0.1, 0.15) is 5.56 Å². The number of aromatic amines is 1. The normalized spacial score (nSPS) is 20.1. The predicted octanol–water partition coefficient (Wildman–Crippen LogP) is 2.49. The van der Waals surface area contributed by atoms with E-state index in [0.717, 1.165) is 25.1 Å². The number of aryl methyl sites for hydroxylation is 1. The molecule has 126 valence electrons. The van der Waals surface area contributed by atoms with Crippen molar-refractivity contribution >= 4 is 5.91 Å². The van der Waals surface area contributed by atoms with Crippen LogP contribution in [0.1, 0.15) is 54.6 Å². The molecule has 2 fully saturated rings. The van der Waals surface area contributed by atoms with Crippen LogP contribution in [0.15, 0.2) is 16.9 Å². The lowest BCUT2D eigenvalue weighted by Gasteiger charge is -2.32. The smallest absolute Gasteiger partial charge is 0.260 e. The number of nitrogens with one attached hydrogen (secondary N) is 1. The van der Waals surface area contributed by atoms with Crippen LogP contribution >= 0.6 is 0 Å². The fraction of sp³-hybridized carbons (Fsp3) is 0.667. The summed E-state index contributed by atoms with van der Waals surface area (Å²) in [5.74, 6) is 0.386. The van der Waals surface area contributed by atoms with E-state index in [1.807, 2.05) is 6.92 Å². The maximum Gasteiger partial charge on any atom is 0.260 e. The number of pyridine rings is 1. The summed E-state index contributed by atoms with van der Waals surface area (Å²) in [7, 11) is 0. The average molecular weight is 318 g/mol. The number of ether oxygens (including phenoxy) is 1. The summed E-state index contributed by atoms with van der Waals surface area (Å²) in [5.41, 5.74) is 0.729. The molecule has 0 spiro atoms. The van der Waals surface area contributed by atoms with E-state index in [2.05, 4.69) is 4.98 Å². The van der Waals surface area contributed by atoms with Gasteiger partial charge in [0, 0.05) is 25.4 Å². The summed E-state index contributed by atoms with van der Waals surface area (Å²) in [6, 6.07) is 3.41. The lowest BCUT2D eigenvalue weighted by atomic mass is 9.97. The maximum absolute atomic E-state index is 12.5. The van der Waals surface area contributed by atoms with Crippen molar-refractivity contribution in [3.8, 4) is 0 Å². The molecule has 1 amide bonds. The lowest BCUT2D eigenvalue weighted by molar-refractivity contribution is 0.0160. The van der Waals surface area contributed by atoms with Gasteiger partial charge in [-0.25, -0.2) is 0 Å². The first-order valence-electron chi connectivity index (χ1n) is 8.74. The standard InChI is InChI=1S/C18H26N2O3/c1-13-6-7-16(17(21)19-13)18(22)20-10-8-14(9-11-20)12-23-15-4-2-3-5-15/h6-7,14-15H,2-5,8-12H2,1H3,(H,19,21). The average Bonchev–Trinajstić information content (AvgIpc) is 3.06. The van der Waals surface area contributed by atoms with Crippen LogP contribution in [0.3, 0.4) is 0 Å². The van der Waals surface area contributed by atoms with Gasteiger partial charge in [-0.1, -0.05) is 12.8 Å². The van der Waals surface area contributed by atoms with Crippen molar-refractivity contribution in [2.45, 2.75) is 51.6 Å². The quantitative estimate of drug-likeness (QED) is 0.928. The van der Waals surface area contributed by atoms with Gasteiger partial charge < -0.3 is 14.6 Å². The van der Waals surface area contributed by atoms with Crippen LogP contribution in [-0.2, 0) is 4.74 Å². The third-order valence-electron chi connectivity index (χ3n) is 5.06. The van der Waals surface area contributed by atoms with Gasteiger partial charge in [0.05, 0.1) is 6.10 Å². The van der Waals surface area contributed by atoms with Crippen molar-refractivity contribution in [2.24, 2.45) is 5.92 Å². The molecule has 1 saturated carbocycles. The third-order valence-corrected chi connectivity index (χ3v) is 5.06. The molecule has 0 unspecified atom stereocenters. The summed E-state index contributed by atoms with van der Waals surface area (Å²) >= 11 is 0. The Morgan fingerprint density at radius 1 is 1.22 bits per heavy atom. The van der Waals surface area contributed by atoms with Crippen molar-refractivity contribution in [3.05, 3.63) is 33.7 Å². The molecule has 2 aliphatic rings. The molecule has 1 saturated heterocycles. The van der Waals surface area contributed by atoms with E-state index in [0.29, 0.717) is 25.1 Å². The summed E-state index contributed by atoms with van der Waals surface area (Å²) in [5, 5.41) is 0. The van der Waals surface area contributed by atoms with Crippen LogP contribution in [-0.4, -0.2) is 41.6 Å². The van der Waals surface area contributed by atoms with Gasteiger partial charge >= 0.3 is 0 Å². The van der Waals surface area contributed by atoms with Gasteiger partial charge in [-0.15, -0.1) is 0 Å². The summed E-state index contributed by atoms with van der Waals surface area (Å²) in [6.45, 7) is 4.05. The number of rotatable bonds is 4. The van der Waals surface area contributed by atoms with E-state index >= 15 is 0 Å². The Hall–Kier alpha value is -1.62. The molecule has 3 rings (SSSR count). The van der Waals surface area contributed by atoms with Crippen LogP contribution in [0, 0.1) is 12.8 Å². The number of likely N-dealkylation sites (tertiary alicyclic amines) is 1. The number of H-pyrrole nitrogens is 1. The Balaban J connectivity index is 1.50. The summed E-state index contributed by atoms with van der Waals surface area (Å²) in [6.07, 6.45) is 7.37. The Labute approximate surface area is 137 Å². The maximum atomic E-state index is 12.5. The lowest BCUT2D eigenvalue weighted by Crippen LogP contribution is -2.41. The van der Waals surface area contributed by atoms with Gasteiger partial charge in [0.25, 0.3) is 11.5 Å². The predicted molar refractivity (Wildman–Crippen MR) is 88.6 cm³/mol. The molecule has 1 aromatic heterocycles. The fourth-order valence-corrected chi connectivity index (χ4v) is 3.54. The highest BCUT2D eigenvalue weighted by Crippen LogP contribution is 2.24. The molecule has 23 heavy (non-hydrogen) atoms. The minimum Gasteiger partial charge on any atom is -0.378 e. The minimum absolute atomic E-state index is 0.151. The molecule has 5 heteroatoms. The molecule has 1 aliphatic heterocycles. The highest BCUT2D eigenvalue weighted by molar-refractivity contribution is 5.93. The van der Waals surface area contributed by atoms with Crippen molar-refractivity contribution in [2.75, 3.05) is 19.7 Å². The first kappa shape index (κ1) is 16.2. The molecular weight excluding hydrogens is 292 g/mol. The van der Waals surface area contributed by atoms with Crippen LogP contribution in [0.5, 0.6) is 0 Å². The Bertz CT molecular complexity index is 597. The Kier molecular flexibility index (Phi) is 5.16. The van der Waals surface area contributed by atoms with E-state index in [4.69, 9.17) is 4.74 Å². The summed E-state index contributed by atoms with van der Waals surface area (Å²) in [4.78, 5) is 28.9. The first-order valence-corrected chi connectivity index (χ1v) is 8.74.